The Hall–Kier alpha value is -4.00. The van der Waals surface area contributed by atoms with Crippen LogP contribution < -0.4 is 20.3 Å². The molecule has 3 rings (SSSR count). The summed E-state index contributed by atoms with van der Waals surface area (Å²) in [6.07, 6.45) is -5.89. The van der Waals surface area contributed by atoms with Crippen molar-refractivity contribution < 1.29 is 41.3 Å². The van der Waals surface area contributed by atoms with E-state index in [4.69, 9.17) is 4.74 Å². The zero-order chi connectivity index (χ0) is 25.8. The number of carbonyl (C=O) groups excluding carboxylic acids is 1. The highest BCUT2D eigenvalue weighted by molar-refractivity contribution is 6.04. The van der Waals surface area contributed by atoms with E-state index < -0.39 is 42.5 Å². The molecule has 13 heteroatoms. The van der Waals surface area contributed by atoms with Gasteiger partial charge in [-0.25, -0.2) is 0 Å². The smallest absolute Gasteiger partial charge is 0.422 e. The summed E-state index contributed by atoms with van der Waals surface area (Å²) in [5.41, 5.74) is -1.68. The van der Waals surface area contributed by atoms with Gasteiger partial charge in [0.25, 0.3) is 11.5 Å². The first-order valence-corrected chi connectivity index (χ1v) is 9.92. The predicted octanol–water partition coefficient (Wildman–Crippen LogP) is 4.08. The van der Waals surface area contributed by atoms with Gasteiger partial charge in [-0.05, 0) is 49.4 Å². The van der Waals surface area contributed by atoms with Crippen molar-refractivity contribution >= 4 is 11.6 Å². The number of nitrogens with zero attached hydrogens (tertiary/aromatic N) is 2. The molecule has 0 aliphatic rings. The molecular weight excluding hydrogens is 481 g/mol. The summed E-state index contributed by atoms with van der Waals surface area (Å²) >= 11 is 0. The fourth-order valence-electron chi connectivity index (χ4n) is 2.88. The van der Waals surface area contributed by atoms with Crippen LogP contribution in [0.4, 0.5) is 27.6 Å². The van der Waals surface area contributed by atoms with Crippen LogP contribution in [0.2, 0.25) is 0 Å². The summed E-state index contributed by atoms with van der Waals surface area (Å²) in [5, 5.41) is 16.4. The minimum atomic E-state index is -4.64. The van der Waals surface area contributed by atoms with Gasteiger partial charge in [-0.15, -0.1) is 0 Å². The molecule has 0 fully saturated rings. The van der Waals surface area contributed by atoms with E-state index in [-0.39, 0.29) is 28.6 Å². The summed E-state index contributed by atoms with van der Waals surface area (Å²) in [7, 11) is 0. The number of halogens is 5. The Kier molecular flexibility index (Phi) is 7.69. The number of hydrogen-bond acceptors (Lipinski definition) is 6. The first kappa shape index (κ1) is 25.6. The SMILES string of the molecule is CC(O)c1cc(C(=O)Nc2ccc(OC(F)F)cc2)c(=O)n(-c2ccccc2OCC(F)(F)F)n1. The highest BCUT2D eigenvalue weighted by atomic mass is 19.4. The Balaban J connectivity index is 1.99. The van der Waals surface area contributed by atoms with Gasteiger partial charge in [-0.1, -0.05) is 12.1 Å². The van der Waals surface area contributed by atoms with E-state index in [1.54, 1.807) is 0 Å². The number of hydrogen-bond donors (Lipinski definition) is 2. The number of carbonyl (C=O) groups is 1. The van der Waals surface area contributed by atoms with Crippen molar-refractivity contribution in [3.63, 3.8) is 0 Å². The fourth-order valence-corrected chi connectivity index (χ4v) is 2.88. The number of benzene rings is 2. The number of rotatable bonds is 8. The molecule has 0 aliphatic heterocycles. The molecule has 0 saturated heterocycles. The molecule has 8 nitrogen and oxygen atoms in total. The normalized spacial score (nSPS) is 12.3. The van der Waals surface area contributed by atoms with Gasteiger partial charge in [0.05, 0.1) is 11.8 Å². The Bertz CT molecular complexity index is 1240. The van der Waals surface area contributed by atoms with E-state index in [1.807, 2.05) is 0 Å². The topological polar surface area (TPSA) is 103 Å². The van der Waals surface area contributed by atoms with Crippen LogP contribution in [0, 0.1) is 0 Å². The van der Waals surface area contributed by atoms with Gasteiger partial charge in [-0.3, -0.25) is 9.59 Å². The zero-order valence-electron chi connectivity index (χ0n) is 17.9. The minimum absolute atomic E-state index is 0.124. The molecule has 1 heterocycles. The lowest BCUT2D eigenvalue weighted by Gasteiger charge is -2.16. The molecule has 0 radical (unpaired) electrons. The largest absolute Gasteiger partial charge is 0.482 e. The summed E-state index contributed by atoms with van der Waals surface area (Å²) < 4.78 is 72.2. The van der Waals surface area contributed by atoms with Crippen molar-refractivity contribution in [3.8, 4) is 17.2 Å². The summed E-state index contributed by atoms with van der Waals surface area (Å²) in [5.74, 6) is -1.43. The van der Waals surface area contributed by atoms with Crippen LogP contribution in [-0.2, 0) is 0 Å². The predicted molar refractivity (Wildman–Crippen MR) is 113 cm³/mol. The summed E-state index contributed by atoms with van der Waals surface area (Å²) in [6.45, 7) is -3.35. The molecule has 3 aromatic rings. The number of para-hydroxylation sites is 2. The lowest BCUT2D eigenvalue weighted by atomic mass is 10.1. The monoisotopic (exact) mass is 499 g/mol. The van der Waals surface area contributed by atoms with Crippen molar-refractivity contribution in [1.29, 1.82) is 0 Å². The minimum Gasteiger partial charge on any atom is -0.482 e. The fraction of sp³-hybridized carbons (Fsp3) is 0.227. The number of amides is 1. The third-order valence-corrected chi connectivity index (χ3v) is 4.43. The molecule has 2 N–H and O–H groups in total. The van der Waals surface area contributed by atoms with Gasteiger partial charge in [0.15, 0.2) is 6.61 Å². The van der Waals surface area contributed by atoms with Crippen LogP contribution in [0.25, 0.3) is 5.69 Å². The van der Waals surface area contributed by atoms with Gasteiger partial charge in [-0.2, -0.15) is 31.7 Å². The van der Waals surface area contributed by atoms with Crippen LogP contribution in [0.1, 0.15) is 29.1 Å². The molecular formula is C22H18F5N3O5. The molecule has 1 amide bonds. The second kappa shape index (κ2) is 10.5. The number of anilines is 1. The number of nitrogens with one attached hydrogen (secondary N) is 1. The van der Waals surface area contributed by atoms with E-state index in [0.29, 0.717) is 4.68 Å². The van der Waals surface area contributed by atoms with E-state index in [2.05, 4.69) is 15.2 Å². The zero-order valence-corrected chi connectivity index (χ0v) is 17.9. The summed E-state index contributed by atoms with van der Waals surface area (Å²) in [6, 6.07) is 11.1. The number of aliphatic hydroxyl groups excluding tert-OH is 1. The second-order valence-corrected chi connectivity index (χ2v) is 7.10. The molecule has 0 bridgehead atoms. The highest BCUT2D eigenvalue weighted by Gasteiger charge is 2.29. The Labute approximate surface area is 194 Å². The van der Waals surface area contributed by atoms with Crippen LogP contribution in [0.5, 0.6) is 11.5 Å². The second-order valence-electron chi connectivity index (χ2n) is 7.10. The van der Waals surface area contributed by atoms with E-state index in [9.17, 15) is 36.6 Å². The Morgan fingerprint density at radius 3 is 2.40 bits per heavy atom. The standard InChI is InChI=1S/C22H18F5N3O5/c1-12(31)16-10-15(19(32)28-13-6-8-14(9-7-13)35-21(23)24)20(33)30(29-16)17-4-2-3-5-18(17)34-11-22(25,26)27/h2-10,12,21,31H,11H2,1H3,(H,28,32). The molecule has 186 valence electrons. The van der Waals surface area contributed by atoms with E-state index >= 15 is 0 Å². The maximum absolute atomic E-state index is 13.1. The van der Waals surface area contributed by atoms with Gasteiger partial charge in [0.2, 0.25) is 0 Å². The molecule has 1 atom stereocenters. The molecule has 2 aromatic carbocycles. The quantitative estimate of drug-likeness (QED) is 0.453. The van der Waals surface area contributed by atoms with Crippen molar-refractivity contribution in [1.82, 2.24) is 9.78 Å². The van der Waals surface area contributed by atoms with Crippen molar-refractivity contribution in [2.75, 3.05) is 11.9 Å². The number of ether oxygens (including phenoxy) is 2. The number of alkyl halides is 5. The van der Waals surface area contributed by atoms with Crippen LogP contribution in [0.3, 0.4) is 0 Å². The average molecular weight is 499 g/mol. The highest BCUT2D eigenvalue weighted by Crippen LogP contribution is 2.25. The maximum atomic E-state index is 13.1. The van der Waals surface area contributed by atoms with Crippen LogP contribution in [-0.4, -0.2) is 40.2 Å². The number of aliphatic hydroxyl groups is 1. The van der Waals surface area contributed by atoms with Gasteiger partial charge < -0.3 is 19.9 Å². The third-order valence-electron chi connectivity index (χ3n) is 4.43. The Morgan fingerprint density at radius 1 is 1.14 bits per heavy atom. The van der Waals surface area contributed by atoms with Crippen molar-refractivity contribution in [2.24, 2.45) is 0 Å². The average Bonchev–Trinajstić information content (AvgIpc) is 2.78. The molecule has 1 unspecified atom stereocenters. The molecule has 0 spiro atoms. The third kappa shape index (κ3) is 6.76. The molecule has 0 saturated carbocycles. The van der Waals surface area contributed by atoms with Crippen LogP contribution >= 0.6 is 0 Å². The van der Waals surface area contributed by atoms with Crippen molar-refractivity contribution in [2.45, 2.75) is 25.8 Å². The van der Waals surface area contributed by atoms with Gasteiger partial charge >= 0.3 is 12.8 Å². The lowest BCUT2D eigenvalue weighted by Crippen LogP contribution is -2.32. The van der Waals surface area contributed by atoms with E-state index in [0.717, 1.165) is 6.07 Å². The molecule has 35 heavy (non-hydrogen) atoms. The lowest BCUT2D eigenvalue weighted by molar-refractivity contribution is -0.153. The van der Waals surface area contributed by atoms with Gasteiger partial charge in [0.1, 0.15) is 22.7 Å². The first-order chi connectivity index (χ1) is 16.4. The van der Waals surface area contributed by atoms with Crippen molar-refractivity contribution in [3.05, 3.63) is 76.2 Å². The first-order valence-electron chi connectivity index (χ1n) is 9.92. The maximum Gasteiger partial charge on any atom is 0.422 e. The number of aromatic nitrogens is 2. The molecule has 0 aliphatic carbocycles. The molecule has 1 aromatic heterocycles. The van der Waals surface area contributed by atoms with Crippen LogP contribution in [0.15, 0.2) is 59.4 Å². The van der Waals surface area contributed by atoms with Gasteiger partial charge in [0, 0.05) is 5.69 Å². The van der Waals surface area contributed by atoms with E-state index in [1.165, 1.54) is 55.5 Å². The summed E-state index contributed by atoms with van der Waals surface area (Å²) in [4.78, 5) is 25.9. The Morgan fingerprint density at radius 2 is 1.80 bits per heavy atom.